The second-order valence-corrected chi connectivity index (χ2v) is 22.5. The topological polar surface area (TPSA) is 135 Å². The molecule has 2 N–H and O–H groups in total. The normalized spacial score (nSPS) is 24.5. The standard InChI is InChI=1S/2C18H36N2O6.2C8H12P.C4H8O.2K/c2*1-7-21-13-14-24-10-4-20-5-11-25-17-15-22-8-2-19(1)3-9-23-16-18-26-12-6-20;2*1-5-6(2)8(4)9-7(5)3;1-2-4-5-3-1;;/h2*1-18H2;2*1-4H3;1-4H2;;/q;;2*-1;;2*+1/p+2. The number of hydrogen-bond acceptors (Lipinski definition) is 15. The van der Waals surface area contributed by atoms with Crippen LogP contribution in [-0.4, -0.2) is 260 Å². The average Bonchev–Trinajstić information content (AvgIpc) is 4.12. The van der Waals surface area contributed by atoms with Crippen molar-refractivity contribution >= 4 is 16.4 Å². The fourth-order valence-electron chi connectivity index (χ4n) is 8.25. The Morgan fingerprint density at radius 3 is 0.558 bits per heavy atom. The third kappa shape index (κ3) is 41.0. The SMILES string of the molecule is C1CCOC1.C1COCCN2CCOCCOCCN(CCO1)CCOCCOCC2.C1COCC[NH+]2CCOCCOCC[NH+](CCO1)CCOCCOCC2.Cc1[p-]c(C)c(C)c1C.Cc1[p-]c(C)c(C)c1C.[K+].[K+]. The van der Waals surface area contributed by atoms with Gasteiger partial charge < -0.3 is 87.8 Å². The molecule has 4 bridgehead atoms. The fourth-order valence-corrected chi connectivity index (χ4v) is 10.6. The van der Waals surface area contributed by atoms with Gasteiger partial charge in [-0.2, -0.15) is 0 Å². The van der Waals surface area contributed by atoms with E-state index in [1.807, 2.05) is 0 Å². The minimum atomic E-state index is 0. The van der Waals surface area contributed by atoms with Crippen LogP contribution in [0.2, 0.25) is 0 Å². The summed E-state index contributed by atoms with van der Waals surface area (Å²) in [4.78, 5) is 7.50. The van der Waals surface area contributed by atoms with Gasteiger partial charge in [-0.05, 0) is 40.5 Å². The quantitative estimate of drug-likeness (QED) is 0.278. The number of nitrogens with one attached hydrogen (secondary N) is 2. The molecule has 21 heteroatoms. The second-order valence-electron chi connectivity index (χ2n) is 19.4. The minimum Gasteiger partial charge on any atom is -0.524 e. The second kappa shape index (κ2) is 53.6. The van der Waals surface area contributed by atoms with Gasteiger partial charge in [-0.15, -0.1) is 0 Å². The average molecular weight is 1180 g/mol. The van der Waals surface area contributed by atoms with Crippen molar-refractivity contribution in [1.29, 1.82) is 0 Å². The Morgan fingerprint density at radius 1 is 0.247 bits per heavy atom. The number of aryl methyl sites for hydroxylation is 4. The molecule has 0 atom stereocenters. The van der Waals surface area contributed by atoms with Gasteiger partial charge in [-0.25, -0.2) is 21.2 Å². The maximum absolute atomic E-state index is 5.73. The first-order chi connectivity index (χ1) is 36.7. The first-order valence-corrected chi connectivity index (χ1v) is 30.2. The Morgan fingerprint density at radius 2 is 0.416 bits per heavy atom. The third-order valence-electron chi connectivity index (χ3n) is 13.9. The number of quaternary nitrogens is 2. The summed E-state index contributed by atoms with van der Waals surface area (Å²) in [5.74, 6) is 0. The smallest absolute Gasteiger partial charge is 0.524 e. The van der Waals surface area contributed by atoms with Crippen molar-refractivity contribution in [2.75, 3.05) is 250 Å². The van der Waals surface area contributed by atoms with Crippen molar-refractivity contribution in [2.24, 2.45) is 0 Å². The van der Waals surface area contributed by atoms with Crippen molar-refractivity contribution in [1.82, 2.24) is 9.80 Å². The molecular formula is C56H106K2N4O13P2+2. The van der Waals surface area contributed by atoms with E-state index in [1.54, 1.807) is 0 Å². The molecule has 2 aromatic heterocycles. The third-order valence-corrected chi connectivity index (χ3v) is 16.6. The molecule has 0 radical (unpaired) electrons. The maximum Gasteiger partial charge on any atom is 1.00 e. The summed E-state index contributed by atoms with van der Waals surface area (Å²) in [5, 5.41) is 6.07. The van der Waals surface area contributed by atoms with Crippen LogP contribution in [0.15, 0.2) is 0 Å². The van der Waals surface area contributed by atoms with Crippen LogP contribution in [0.1, 0.15) is 56.3 Å². The molecule has 17 nitrogen and oxygen atoms in total. The van der Waals surface area contributed by atoms with E-state index in [9.17, 15) is 0 Å². The van der Waals surface area contributed by atoms with Crippen molar-refractivity contribution in [3.8, 4) is 0 Å². The molecule has 7 aliphatic heterocycles. The monoisotopic (exact) mass is 1180 g/mol. The van der Waals surface area contributed by atoms with Crippen LogP contribution in [0.5, 0.6) is 0 Å². The summed E-state index contributed by atoms with van der Waals surface area (Å²) in [5.41, 5.74) is 5.98. The molecule has 0 aromatic carbocycles. The van der Waals surface area contributed by atoms with Crippen LogP contribution in [0.4, 0.5) is 0 Å². The summed E-state index contributed by atoms with van der Waals surface area (Å²) in [6, 6.07) is 0. The molecule has 0 aliphatic carbocycles. The molecule has 438 valence electrons. The summed E-state index contributed by atoms with van der Waals surface area (Å²) in [7, 11) is 2.87. The zero-order valence-electron chi connectivity index (χ0n) is 50.4. The Labute approximate surface area is 555 Å². The Bertz CT molecular complexity index is 1320. The van der Waals surface area contributed by atoms with Gasteiger partial charge in [0, 0.05) is 52.5 Å². The van der Waals surface area contributed by atoms with Crippen LogP contribution >= 0.6 is 16.4 Å². The van der Waals surface area contributed by atoms with Gasteiger partial charge in [-0.1, -0.05) is 49.9 Å². The van der Waals surface area contributed by atoms with E-state index in [4.69, 9.17) is 61.6 Å². The number of hydrogen-bond donors (Lipinski definition) is 2. The molecule has 2 aromatic rings. The Hall–Kier alpha value is 2.15. The molecule has 7 aliphatic rings. The predicted molar refractivity (Wildman–Crippen MR) is 301 cm³/mol. The molecule has 0 spiro atoms. The summed E-state index contributed by atoms with van der Waals surface area (Å²) < 4.78 is 73.5. The largest absolute Gasteiger partial charge is 1.00 e. The summed E-state index contributed by atoms with van der Waals surface area (Å²) >= 11 is 0. The van der Waals surface area contributed by atoms with Crippen LogP contribution in [-0.2, 0) is 61.6 Å². The van der Waals surface area contributed by atoms with E-state index >= 15 is 0 Å². The van der Waals surface area contributed by atoms with E-state index in [2.05, 4.69) is 65.2 Å². The first kappa shape index (κ1) is 77.2. The number of fused-ring (bicyclic) bond motifs is 42. The molecule has 0 amide bonds. The van der Waals surface area contributed by atoms with Crippen LogP contribution in [0.25, 0.3) is 0 Å². The van der Waals surface area contributed by atoms with Crippen molar-refractivity contribution < 1.29 is 174 Å². The van der Waals surface area contributed by atoms with Gasteiger partial charge >= 0.3 is 103 Å². The zero-order valence-corrected chi connectivity index (χ0v) is 58.4. The van der Waals surface area contributed by atoms with Gasteiger partial charge in [0.15, 0.2) is 0 Å². The van der Waals surface area contributed by atoms with Crippen molar-refractivity contribution in [2.45, 2.75) is 68.2 Å². The van der Waals surface area contributed by atoms with Crippen LogP contribution in [0, 0.1) is 55.4 Å². The van der Waals surface area contributed by atoms with Gasteiger partial charge in [-0.3, -0.25) is 9.80 Å². The van der Waals surface area contributed by atoms with Gasteiger partial charge in [0.2, 0.25) is 0 Å². The first-order valence-electron chi connectivity index (χ1n) is 28.4. The van der Waals surface area contributed by atoms with E-state index in [0.717, 1.165) is 131 Å². The predicted octanol–water partition coefficient (Wildman–Crippen LogP) is -2.16. The molecule has 0 saturated carbocycles. The number of rotatable bonds is 0. The fraction of sp³-hybridized carbons (Fsp3) is 0.857. The van der Waals surface area contributed by atoms with Crippen LogP contribution < -0.4 is 113 Å². The number of nitrogens with zero attached hydrogens (tertiary/aromatic N) is 2. The van der Waals surface area contributed by atoms with E-state index in [1.165, 1.54) is 82.5 Å². The van der Waals surface area contributed by atoms with Crippen LogP contribution in [0.3, 0.4) is 0 Å². The van der Waals surface area contributed by atoms with Gasteiger partial charge in [0.25, 0.3) is 0 Å². The van der Waals surface area contributed by atoms with E-state index in [0.29, 0.717) is 119 Å². The molecular weight excluding hydrogens is 1080 g/mol. The maximum atomic E-state index is 5.73. The molecule has 7 saturated heterocycles. The Kier molecular flexibility index (Phi) is 53.7. The molecule has 7 fully saturated rings. The molecule has 9 rings (SSSR count). The Balaban J connectivity index is 0.000000536. The molecule has 9 heterocycles. The van der Waals surface area contributed by atoms with Crippen molar-refractivity contribution in [3.63, 3.8) is 0 Å². The molecule has 77 heavy (non-hydrogen) atoms. The van der Waals surface area contributed by atoms with Gasteiger partial charge in [0.05, 0.1) is 159 Å². The van der Waals surface area contributed by atoms with E-state index in [-0.39, 0.29) is 103 Å². The zero-order chi connectivity index (χ0) is 53.8. The minimum absolute atomic E-state index is 0. The summed E-state index contributed by atoms with van der Waals surface area (Å²) in [6.07, 6.45) is 2.56. The molecule has 0 unspecified atom stereocenters. The number of ether oxygens (including phenoxy) is 13. The summed E-state index contributed by atoms with van der Waals surface area (Å²) in [6.45, 7) is 46.9. The van der Waals surface area contributed by atoms with Crippen molar-refractivity contribution in [3.05, 3.63) is 43.4 Å². The van der Waals surface area contributed by atoms with Gasteiger partial charge in [0.1, 0.15) is 39.3 Å². The van der Waals surface area contributed by atoms with E-state index < -0.39 is 0 Å².